The number of para-hydroxylation sites is 1. The lowest BCUT2D eigenvalue weighted by Crippen LogP contribution is -1.96. The number of hydrogen-bond acceptors (Lipinski definition) is 2. The van der Waals surface area contributed by atoms with Crippen molar-refractivity contribution in [2.45, 2.75) is 0 Å². The molecular formula is C30H19Cl2NO. The van der Waals surface area contributed by atoms with E-state index in [1.165, 1.54) is 0 Å². The van der Waals surface area contributed by atoms with Gasteiger partial charge in [-0.25, -0.2) is 4.98 Å². The van der Waals surface area contributed by atoms with Gasteiger partial charge in [0.15, 0.2) is 5.78 Å². The van der Waals surface area contributed by atoms with Crippen LogP contribution in [0.4, 0.5) is 0 Å². The quantitative estimate of drug-likeness (QED) is 0.186. The van der Waals surface area contributed by atoms with Crippen LogP contribution in [0.1, 0.15) is 27.2 Å². The zero-order valence-electron chi connectivity index (χ0n) is 18.1. The van der Waals surface area contributed by atoms with Crippen molar-refractivity contribution < 1.29 is 4.79 Å². The molecule has 0 fully saturated rings. The van der Waals surface area contributed by atoms with Crippen LogP contribution in [0.25, 0.3) is 39.9 Å². The summed E-state index contributed by atoms with van der Waals surface area (Å²) in [7, 11) is 0. The monoisotopic (exact) mass is 479 g/mol. The predicted octanol–water partition coefficient (Wildman–Crippen LogP) is 8.76. The lowest BCUT2D eigenvalue weighted by molar-refractivity contribution is 0.104. The van der Waals surface area contributed by atoms with Gasteiger partial charge in [-0.05, 0) is 52.8 Å². The molecule has 0 radical (unpaired) electrons. The predicted molar refractivity (Wildman–Crippen MR) is 144 cm³/mol. The molecule has 34 heavy (non-hydrogen) atoms. The van der Waals surface area contributed by atoms with Crippen molar-refractivity contribution in [1.29, 1.82) is 0 Å². The molecule has 0 unspecified atom stereocenters. The number of rotatable bonds is 5. The fraction of sp³-hybridized carbons (Fsp3) is 0. The minimum atomic E-state index is -0.0632. The van der Waals surface area contributed by atoms with Crippen LogP contribution in [0.3, 0.4) is 0 Å². The summed E-state index contributed by atoms with van der Waals surface area (Å²) in [5.41, 5.74) is 3.92. The van der Waals surface area contributed by atoms with Gasteiger partial charge in [0.2, 0.25) is 0 Å². The highest BCUT2D eigenvalue weighted by Gasteiger charge is 2.08. The molecule has 0 N–H and O–H groups in total. The topological polar surface area (TPSA) is 30.0 Å². The summed E-state index contributed by atoms with van der Waals surface area (Å²) in [4.78, 5) is 17.7. The lowest BCUT2D eigenvalue weighted by Gasteiger charge is -2.06. The summed E-state index contributed by atoms with van der Waals surface area (Å²) in [6.45, 7) is 0. The van der Waals surface area contributed by atoms with E-state index >= 15 is 0 Å². The maximum absolute atomic E-state index is 13.0. The number of aromatic nitrogens is 1. The number of fused-ring (bicyclic) bond motifs is 2. The first kappa shape index (κ1) is 22.1. The van der Waals surface area contributed by atoms with Gasteiger partial charge in [0.25, 0.3) is 0 Å². The Balaban J connectivity index is 1.52. The Bertz CT molecular complexity index is 1580. The van der Waals surface area contributed by atoms with Gasteiger partial charge in [-0.2, -0.15) is 0 Å². The summed E-state index contributed by atoms with van der Waals surface area (Å²) in [6, 6.07) is 28.9. The highest BCUT2D eigenvalue weighted by Crippen LogP contribution is 2.28. The average Bonchev–Trinajstić information content (AvgIpc) is 2.86. The van der Waals surface area contributed by atoms with Crippen LogP contribution >= 0.6 is 23.2 Å². The first-order chi connectivity index (χ1) is 16.6. The van der Waals surface area contributed by atoms with Gasteiger partial charge in [-0.1, -0.05) is 102 Å². The third-order valence-electron chi connectivity index (χ3n) is 5.66. The van der Waals surface area contributed by atoms with E-state index in [9.17, 15) is 4.79 Å². The number of pyridine rings is 1. The minimum Gasteiger partial charge on any atom is -0.289 e. The smallest absolute Gasteiger partial charge is 0.186 e. The molecule has 0 aliphatic carbocycles. The number of ketones is 1. The summed E-state index contributed by atoms with van der Waals surface area (Å²) < 4.78 is 0. The zero-order valence-corrected chi connectivity index (χ0v) is 19.6. The van der Waals surface area contributed by atoms with Gasteiger partial charge in [-0.15, -0.1) is 0 Å². The second-order valence-electron chi connectivity index (χ2n) is 7.85. The fourth-order valence-electron chi connectivity index (χ4n) is 3.98. The van der Waals surface area contributed by atoms with E-state index in [1.807, 2.05) is 103 Å². The van der Waals surface area contributed by atoms with E-state index in [2.05, 4.69) is 0 Å². The molecule has 1 aromatic heterocycles. The van der Waals surface area contributed by atoms with Crippen LogP contribution in [-0.2, 0) is 0 Å². The Morgan fingerprint density at radius 3 is 2.21 bits per heavy atom. The molecule has 0 bridgehead atoms. The van der Waals surface area contributed by atoms with Gasteiger partial charge < -0.3 is 0 Å². The average molecular weight is 480 g/mol. The van der Waals surface area contributed by atoms with E-state index in [0.29, 0.717) is 21.3 Å². The first-order valence-corrected chi connectivity index (χ1v) is 11.6. The van der Waals surface area contributed by atoms with Gasteiger partial charge in [0.1, 0.15) is 0 Å². The van der Waals surface area contributed by atoms with E-state index in [-0.39, 0.29) is 5.78 Å². The molecule has 0 saturated heterocycles. The van der Waals surface area contributed by atoms with Crippen LogP contribution in [-0.4, -0.2) is 10.8 Å². The second-order valence-corrected chi connectivity index (χ2v) is 8.66. The minimum absolute atomic E-state index is 0.0632. The van der Waals surface area contributed by atoms with Crippen molar-refractivity contribution in [3.05, 3.63) is 130 Å². The number of carbonyl (C=O) groups excluding carboxylic acids is 1. The Morgan fingerprint density at radius 2 is 1.38 bits per heavy atom. The molecule has 4 aromatic carbocycles. The normalized spacial score (nSPS) is 11.7. The van der Waals surface area contributed by atoms with Crippen molar-refractivity contribution in [3.63, 3.8) is 0 Å². The van der Waals surface area contributed by atoms with E-state index in [0.717, 1.165) is 32.8 Å². The maximum Gasteiger partial charge on any atom is 0.186 e. The highest BCUT2D eigenvalue weighted by molar-refractivity contribution is 6.37. The van der Waals surface area contributed by atoms with Crippen molar-refractivity contribution in [3.8, 4) is 0 Å². The van der Waals surface area contributed by atoms with Crippen LogP contribution in [0.15, 0.2) is 97.1 Å². The summed E-state index contributed by atoms with van der Waals surface area (Å²) in [6.07, 6.45) is 7.22. The van der Waals surface area contributed by atoms with Gasteiger partial charge in [0.05, 0.1) is 11.2 Å². The van der Waals surface area contributed by atoms with Crippen LogP contribution in [0, 0.1) is 0 Å². The van der Waals surface area contributed by atoms with Crippen molar-refractivity contribution in [1.82, 2.24) is 4.98 Å². The molecule has 0 atom stereocenters. The molecule has 5 rings (SSSR count). The standard InChI is InChI=1S/C30H19Cl2NO/c31-27-12-6-13-28(32)26(27)17-15-21-19-22(33-29-14-4-3-10-24(21)29)16-18-30(34)25-11-5-8-20-7-1-2-9-23(20)25/h1-19H/b17-15+,18-16+. The summed E-state index contributed by atoms with van der Waals surface area (Å²) in [5, 5.41) is 4.15. The summed E-state index contributed by atoms with van der Waals surface area (Å²) >= 11 is 12.7. The number of carbonyl (C=O) groups is 1. The molecule has 0 amide bonds. The third kappa shape index (κ3) is 4.51. The lowest BCUT2D eigenvalue weighted by atomic mass is 10.0. The molecule has 0 aliphatic rings. The molecule has 0 saturated carbocycles. The molecule has 2 nitrogen and oxygen atoms in total. The van der Waals surface area contributed by atoms with E-state index in [1.54, 1.807) is 12.2 Å². The Kier molecular flexibility index (Phi) is 6.27. The van der Waals surface area contributed by atoms with Crippen LogP contribution < -0.4 is 0 Å². The number of allylic oxidation sites excluding steroid dienone is 1. The molecule has 0 spiro atoms. The second kappa shape index (κ2) is 9.64. The third-order valence-corrected chi connectivity index (χ3v) is 6.32. The molecular weight excluding hydrogens is 461 g/mol. The Labute approximate surface area is 207 Å². The number of benzene rings is 4. The number of hydrogen-bond donors (Lipinski definition) is 0. The molecule has 164 valence electrons. The van der Waals surface area contributed by atoms with E-state index in [4.69, 9.17) is 28.2 Å². The van der Waals surface area contributed by atoms with Crippen LogP contribution in [0.2, 0.25) is 10.0 Å². The Hall–Kier alpha value is -3.72. The van der Waals surface area contributed by atoms with Gasteiger partial charge in [-0.3, -0.25) is 4.79 Å². The van der Waals surface area contributed by atoms with Crippen LogP contribution in [0.5, 0.6) is 0 Å². The first-order valence-electron chi connectivity index (χ1n) is 10.8. The van der Waals surface area contributed by atoms with Crippen molar-refractivity contribution >= 4 is 68.9 Å². The Morgan fingerprint density at radius 1 is 0.706 bits per heavy atom. The molecule has 0 aliphatic heterocycles. The number of halogens is 2. The highest BCUT2D eigenvalue weighted by atomic mass is 35.5. The summed E-state index contributed by atoms with van der Waals surface area (Å²) in [5.74, 6) is -0.0632. The van der Waals surface area contributed by atoms with Crippen molar-refractivity contribution in [2.24, 2.45) is 0 Å². The largest absolute Gasteiger partial charge is 0.289 e. The van der Waals surface area contributed by atoms with Crippen molar-refractivity contribution in [2.75, 3.05) is 0 Å². The van der Waals surface area contributed by atoms with E-state index < -0.39 is 0 Å². The molecule has 5 aromatic rings. The molecule has 1 heterocycles. The fourth-order valence-corrected chi connectivity index (χ4v) is 4.50. The zero-order chi connectivity index (χ0) is 23.5. The van der Waals surface area contributed by atoms with Gasteiger partial charge >= 0.3 is 0 Å². The van der Waals surface area contributed by atoms with Gasteiger partial charge in [0, 0.05) is 26.6 Å². The molecule has 4 heteroatoms. The SMILES string of the molecule is O=C(/C=C/c1cc(/C=C/c2c(Cl)cccc2Cl)c2ccccc2n1)c1cccc2ccccc12. The maximum atomic E-state index is 13.0. The number of nitrogens with zero attached hydrogens (tertiary/aromatic N) is 1.